The largest absolute Gasteiger partial charge is 0.332 e. The lowest BCUT2D eigenvalue weighted by molar-refractivity contribution is -0.135. The molecule has 20 heavy (non-hydrogen) atoms. The van der Waals surface area contributed by atoms with Crippen LogP contribution in [0, 0.1) is 6.92 Å². The second-order valence-corrected chi connectivity index (χ2v) is 6.76. The van der Waals surface area contributed by atoms with Gasteiger partial charge in [-0.3, -0.25) is 4.79 Å². The molecule has 110 valence electrons. The van der Waals surface area contributed by atoms with Gasteiger partial charge in [-0.25, -0.2) is 0 Å². The van der Waals surface area contributed by atoms with E-state index < -0.39 is 0 Å². The molecule has 1 aliphatic heterocycles. The summed E-state index contributed by atoms with van der Waals surface area (Å²) in [6, 6.07) is 6.42. The third kappa shape index (κ3) is 3.07. The summed E-state index contributed by atoms with van der Waals surface area (Å²) in [5.74, 6) is 0.221. The predicted molar refractivity (Wildman–Crippen MR) is 85.4 cm³/mol. The van der Waals surface area contributed by atoms with Crippen molar-refractivity contribution in [2.45, 2.75) is 58.2 Å². The van der Waals surface area contributed by atoms with Crippen LogP contribution >= 0.6 is 15.9 Å². The molecule has 2 N–H and O–H groups in total. The number of hydrogen-bond donors (Lipinski definition) is 1. The summed E-state index contributed by atoms with van der Waals surface area (Å²) in [6.07, 6.45) is 2.39. The van der Waals surface area contributed by atoms with Crippen LogP contribution < -0.4 is 5.73 Å². The topological polar surface area (TPSA) is 46.3 Å². The first kappa shape index (κ1) is 15.5. The van der Waals surface area contributed by atoms with Gasteiger partial charge in [-0.1, -0.05) is 28.1 Å². The van der Waals surface area contributed by atoms with E-state index in [0.717, 1.165) is 22.9 Å². The zero-order valence-corrected chi connectivity index (χ0v) is 14.0. The number of amides is 1. The maximum atomic E-state index is 12.4. The zero-order chi connectivity index (χ0) is 14.9. The van der Waals surface area contributed by atoms with Crippen molar-refractivity contribution < 1.29 is 4.79 Å². The van der Waals surface area contributed by atoms with Crippen molar-refractivity contribution in [2.24, 2.45) is 5.73 Å². The van der Waals surface area contributed by atoms with E-state index in [1.807, 2.05) is 11.0 Å². The molecule has 1 amide bonds. The summed E-state index contributed by atoms with van der Waals surface area (Å²) < 4.78 is 1.09. The molecule has 1 aliphatic rings. The highest BCUT2D eigenvalue weighted by Crippen LogP contribution is 2.33. The monoisotopic (exact) mass is 338 g/mol. The van der Waals surface area contributed by atoms with E-state index in [1.165, 1.54) is 5.56 Å². The molecule has 0 saturated carbocycles. The fraction of sp³-hybridized carbons (Fsp3) is 0.562. The van der Waals surface area contributed by atoms with E-state index in [1.54, 1.807) is 0 Å². The van der Waals surface area contributed by atoms with Crippen molar-refractivity contribution in [3.05, 3.63) is 33.8 Å². The molecule has 1 heterocycles. The predicted octanol–water partition coefficient (Wildman–Crippen LogP) is 3.55. The number of nitrogens with zero attached hydrogens (tertiary/aromatic N) is 1. The van der Waals surface area contributed by atoms with E-state index in [9.17, 15) is 4.79 Å². The minimum atomic E-state index is -0.0169. The van der Waals surface area contributed by atoms with Gasteiger partial charge in [-0.2, -0.15) is 0 Å². The fourth-order valence-electron chi connectivity index (χ4n) is 3.01. The number of benzene rings is 1. The second kappa shape index (κ2) is 6.27. The van der Waals surface area contributed by atoms with E-state index in [4.69, 9.17) is 5.73 Å². The third-order valence-electron chi connectivity index (χ3n) is 4.00. The van der Waals surface area contributed by atoms with Crippen LogP contribution in [0.1, 0.15) is 50.3 Å². The van der Waals surface area contributed by atoms with Crippen LogP contribution in [0.2, 0.25) is 0 Å². The lowest BCUT2D eigenvalue weighted by Crippen LogP contribution is -2.45. The van der Waals surface area contributed by atoms with Crippen molar-refractivity contribution in [1.29, 1.82) is 0 Å². The van der Waals surface area contributed by atoms with Gasteiger partial charge in [-0.05, 0) is 50.8 Å². The molecule has 0 aliphatic carbocycles. The third-order valence-corrected chi connectivity index (χ3v) is 4.89. The van der Waals surface area contributed by atoms with Gasteiger partial charge in [0.05, 0.1) is 6.04 Å². The average molecular weight is 339 g/mol. The van der Waals surface area contributed by atoms with Gasteiger partial charge in [0.2, 0.25) is 5.91 Å². The van der Waals surface area contributed by atoms with Gasteiger partial charge >= 0.3 is 0 Å². The maximum absolute atomic E-state index is 12.4. The summed E-state index contributed by atoms with van der Waals surface area (Å²) in [7, 11) is 0. The average Bonchev–Trinajstić information content (AvgIpc) is 2.52. The maximum Gasteiger partial charge on any atom is 0.223 e. The molecule has 1 fully saturated rings. The van der Waals surface area contributed by atoms with Crippen LogP contribution in [0.4, 0.5) is 0 Å². The van der Waals surface area contributed by atoms with Crippen LogP contribution in [0.5, 0.6) is 0 Å². The van der Waals surface area contributed by atoms with Crippen molar-refractivity contribution in [1.82, 2.24) is 4.90 Å². The van der Waals surface area contributed by atoms with Gasteiger partial charge < -0.3 is 10.6 Å². The first-order valence-electron chi connectivity index (χ1n) is 7.24. The molecule has 0 spiro atoms. The Bertz CT molecular complexity index is 501. The molecule has 0 radical (unpaired) electrons. The summed E-state index contributed by atoms with van der Waals surface area (Å²) >= 11 is 3.53. The molecule has 1 saturated heterocycles. The highest BCUT2D eigenvalue weighted by atomic mass is 79.9. The molecule has 0 aromatic heterocycles. The first-order valence-corrected chi connectivity index (χ1v) is 8.04. The van der Waals surface area contributed by atoms with Crippen molar-refractivity contribution >= 4 is 21.8 Å². The molecular formula is C16H23BrN2O. The Balaban J connectivity index is 2.45. The normalized spacial score (nSPS) is 24.1. The molecule has 3 nitrogen and oxygen atoms in total. The Morgan fingerprint density at radius 2 is 2.10 bits per heavy atom. The minimum absolute atomic E-state index is 0.00410. The number of likely N-dealkylation sites (tertiary alicyclic amines) is 1. The highest BCUT2D eigenvalue weighted by Gasteiger charge is 2.34. The van der Waals surface area contributed by atoms with Gasteiger partial charge in [0, 0.05) is 23.0 Å². The first-order chi connectivity index (χ1) is 9.41. The number of halogens is 1. The van der Waals surface area contributed by atoms with Gasteiger partial charge in [0.1, 0.15) is 0 Å². The van der Waals surface area contributed by atoms with Gasteiger partial charge in [0.25, 0.3) is 0 Å². The minimum Gasteiger partial charge on any atom is -0.332 e. The lowest BCUT2D eigenvalue weighted by atomic mass is 9.94. The molecule has 4 heteroatoms. The van der Waals surface area contributed by atoms with E-state index >= 15 is 0 Å². The Labute approximate surface area is 129 Å². The summed E-state index contributed by atoms with van der Waals surface area (Å²) in [6.45, 7) is 6.20. The summed E-state index contributed by atoms with van der Waals surface area (Å²) in [5.41, 5.74) is 8.70. The molecule has 1 aromatic carbocycles. The second-order valence-electron chi connectivity index (χ2n) is 5.90. The Morgan fingerprint density at radius 1 is 1.40 bits per heavy atom. The summed E-state index contributed by atoms with van der Waals surface area (Å²) in [5, 5.41) is 0. The van der Waals surface area contributed by atoms with Gasteiger partial charge in [0.15, 0.2) is 0 Å². The van der Waals surface area contributed by atoms with E-state index in [-0.39, 0.29) is 24.0 Å². The number of carbonyl (C=O) groups is 1. The smallest absolute Gasteiger partial charge is 0.223 e. The van der Waals surface area contributed by atoms with E-state index in [0.29, 0.717) is 6.42 Å². The quantitative estimate of drug-likeness (QED) is 0.896. The van der Waals surface area contributed by atoms with Crippen LogP contribution in [-0.2, 0) is 4.79 Å². The SMILES string of the molecule is Cc1cc(C2C(N)CCCC(=O)N2C(C)C)ccc1Br. The molecule has 2 rings (SSSR count). The number of nitrogens with two attached hydrogens (primary N) is 1. The Kier molecular flexibility index (Phi) is 4.86. The fourth-order valence-corrected chi connectivity index (χ4v) is 3.25. The number of aryl methyl sites for hydroxylation is 1. The van der Waals surface area contributed by atoms with Crippen molar-refractivity contribution in [3.63, 3.8) is 0 Å². The molecule has 1 aromatic rings. The standard InChI is InChI=1S/C16H23BrN2O/c1-10(2)19-15(20)6-4-5-14(18)16(19)12-7-8-13(17)11(3)9-12/h7-10,14,16H,4-6,18H2,1-3H3. The van der Waals surface area contributed by atoms with Crippen LogP contribution in [0.3, 0.4) is 0 Å². The zero-order valence-electron chi connectivity index (χ0n) is 12.4. The lowest BCUT2D eigenvalue weighted by Gasteiger charge is -2.37. The molecule has 2 unspecified atom stereocenters. The summed E-state index contributed by atoms with van der Waals surface area (Å²) in [4.78, 5) is 14.4. The van der Waals surface area contributed by atoms with Gasteiger partial charge in [-0.15, -0.1) is 0 Å². The van der Waals surface area contributed by atoms with Crippen molar-refractivity contribution in [3.8, 4) is 0 Å². The Morgan fingerprint density at radius 3 is 2.70 bits per heavy atom. The number of hydrogen-bond acceptors (Lipinski definition) is 2. The van der Waals surface area contributed by atoms with Crippen LogP contribution in [0.25, 0.3) is 0 Å². The van der Waals surface area contributed by atoms with Crippen LogP contribution in [-0.4, -0.2) is 22.9 Å². The molecular weight excluding hydrogens is 316 g/mol. The van der Waals surface area contributed by atoms with Crippen LogP contribution in [0.15, 0.2) is 22.7 Å². The molecule has 2 atom stereocenters. The highest BCUT2D eigenvalue weighted by molar-refractivity contribution is 9.10. The van der Waals surface area contributed by atoms with Crippen molar-refractivity contribution in [2.75, 3.05) is 0 Å². The number of carbonyl (C=O) groups excluding carboxylic acids is 1. The number of rotatable bonds is 2. The molecule has 0 bridgehead atoms. The Hall–Kier alpha value is -0.870. The van der Waals surface area contributed by atoms with E-state index in [2.05, 4.69) is 48.8 Å².